The van der Waals surface area contributed by atoms with E-state index in [1.165, 1.54) is 11.3 Å². The number of rotatable bonds is 3. The van der Waals surface area contributed by atoms with E-state index in [1.807, 2.05) is 18.2 Å². The Balaban J connectivity index is 2.09. The highest BCUT2D eigenvalue weighted by molar-refractivity contribution is 9.10. The maximum absolute atomic E-state index is 6.16. The van der Waals surface area contributed by atoms with Crippen molar-refractivity contribution in [1.29, 1.82) is 0 Å². The topological polar surface area (TPSA) is 37.8 Å². The minimum Gasteiger partial charge on any atom is -0.370 e. The molecule has 3 rings (SSSR count). The molecule has 1 aliphatic carbocycles. The molecule has 0 bridgehead atoms. The Labute approximate surface area is 131 Å². The second kappa shape index (κ2) is 5.70. The van der Waals surface area contributed by atoms with E-state index in [1.54, 1.807) is 0 Å². The highest BCUT2D eigenvalue weighted by Crippen LogP contribution is 2.31. The Morgan fingerprint density at radius 1 is 1.30 bits per heavy atom. The van der Waals surface area contributed by atoms with Crippen molar-refractivity contribution in [2.45, 2.75) is 26.2 Å². The summed E-state index contributed by atoms with van der Waals surface area (Å²) in [5.41, 5.74) is 3.40. The lowest BCUT2D eigenvalue weighted by atomic mass is 10.2. The fourth-order valence-electron chi connectivity index (χ4n) is 2.51. The maximum Gasteiger partial charge on any atom is 0.161 e. The number of nitrogens with zero attached hydrogens (tertiary/aromatic N) is 2. The van der Waals surface area contributed by atoms with Gasteiger partial charge in [-0.1, -0.05) is 11.6 Å². The molecule has 20 heavy (non-hydrogen) atoms. The number of aromatic nitrogens is 2. The van der Waals surface area contributed by atoms with Crippen molar-refractivity contribution in [2.75, 3.05) is 11.9 Å². The second-order valence-electron chi connectivity index (χ2n) is 4.83. The van der Waals surface area contributed by atoms with Crippen molar-refractivity contribution >= 4 is 33.3 Å². The standard InChI is InChI=1S/C15H15BrClN3/c1-2-18-15-10-4-3-5-13(10)19-14(20-15)9-6-7-11(16)12(17)8-9/h6-8H,2-5H2,1H3,(H,18,19,20). The lowest BCUT2D eigenvalue weighted by Gasteiger charge is -2.11. The minimum atomic E-state index is 0.677. The van der Waals surface area contributed by atoms with Crippen LogP contribution in [0.15, 0.2) is 22.7 Å². The Morgan fingerprint density at radius 2 is 2.15 bits per heavy atom. The zero-order valence-electron chi connectivity index (χ0n) is 11.2. The molecule has 0 saturated carbocycles. The van der Waals surface area contributed by atoms with Gasteiger partial charge in [0, 0.05) is 27.8 Å². The molecule has 1 aliphatic rings. The molecule has 0 spiro atoms. The third kappa shape index (κ3) is 2.54. The molecule has 3 nitrogen and oxygen atoms in total. The minimum absolute atomic E-state index is 0.677. The van der Waals surface area contributed by atoms with Gasteiger partial charge in [0.25, 0.3) is 0 Å². The first-order valence-corrected chi connectivity index (χ1v) is 7.95. The molecule has 0 atom stereocenters. The molecule has 0 amide bonds. The van der Waals surface area contributed by atoms with Crippen molar-refractivity contribution in [3.63, 3.8) is 0 Å². The Morgan fingerprint density at radius 3 is 2.90 bits per heavy atom. The quantitative estimate of drug-likeness (QED) is 0.885. The van der Waals surface area contributed by atoms with Gasteiger partial charge in [-0.3, -0.25) is 0 Å². The lowest BCUT2D eigenvalue weighted by Crippen LogP contribution is -2.06. The van der Waals surface area contributed by atoms with Crippen LogP contribution in [0.5, 0.6) is 0 Å². The average Bonchev–Trinajstić information content (AvgIpc) is 2.90. The molecule has 1 N–H and O–H groups in total. The summed E-state index contributed by atoms with van der Waals surface area (Å²) in [7, 11) is 0. The van der Waals surface area contributed by atoms with Gasteiger partial charge in [-0.15, -0.1) is 0 Å². The first-order valence-electron chi connectivity index (χ1n) is 6.78. The monoisotopic (exact) mass is 351 g/mol. The third-order valence-electron chi connectivity index (χ3n) is 3.46. The van der Waals surface area contributed by atoms with Crippen molar-refractivity contribution in [1.82, 2.24) is 9.97 Å². The highest BCUT2D eigenvalue weighted by atomic mass is 79.9. The molecule has 0 radical (unpaired) electrons. The van der Waals surface area contributed by atoms with Crippen LogP contribution in [-0.4, -0.2) is 16.5 Å². The molecule has 1 heterocycles. The summed E-state index contributed by atoms with van der Waals surface area (Å²) in [6, 6.07) is 5.82. The molecular formula is C15H15BrClN3. The highest BCUT2D eigenvalue weighted by Gasteiger charge is 2.19. The fourth-order valence-corrected chi connectivity index (χ4v) is 2.94. The number of nitrogens with one attached hydrogen (secondary N) is 1. The van der Waals surface area contributed by atoms with E-state index in [4.69, 9.17) is 16.6 Å². The van der Waals surface area contributed by atoms with Crippen LogP contribution in [0, 0.1) is 0 Å². The zero-order chi connectivity index (χ0) is 14.1. The summed E-state index contributed by atoms with van der Waals surface area (Å²) in [4.78, 5) is 9.39. The van der Waals surface area contributed by atoms with Crippen LogP contribution in [-0.2, 0) is 12.8 Å². The summed E-state index contributed by atoms with van der Waals surface area (Å²) in [5, 5.41) is 4.03. The average molecular weight is 353 g/mol. The first kappa shape index (κ1) is 13.8. The summed E-state index contributed by atoms with van der Waals surface area (Å²) in [6.07, 6.45) is 3.26. The first-order chi connectivity index (χ1) is 9.69. The molecule has 0 unspecified atom stereocenters. The van der Waals surface area contributed by atoms with Crippen molar-refractivity contribution < 1.29 is 0 Å². The van der Waals surface area contributed by atoms with Gasteiger partial charge in [0.05, 0.1) is 5.02 Å². The summed E-state index contributed by atoms with van der Waals surface area (Å²) in [6.45, 7) is 2.95. The maximum atomic E-state index is 6.16. The lowest BCUT2D eigenvalue weighted by molar-refractivity contribution is 0.900. The van der Waals surface area contributed by atoms with Crippen LogP contribution in [0.1, 0.15) is 24.6 Å². The van der Waals surface area contributed by atoms with Crippen LogP contribution in [0.2, 0.25) is 5.02 Å². The molecule has 0 fully saturated rings. The van der Waals surface area contributed by atoms with Crippen LogP contribution >= 0.6 is 27.5 Å². The summed E-state index contributed by atoms with van der Waals surface area (Å²) >= 11 is 9.57. The number of aryl methyl sites for hydroxylation is 1. The van der Waals surface area contributed by atoms with Crippen LogP contribution < -0.4 is 5.32 Å². The van der Waals surface area contributed by atoms with E-state index < -0.39 is 0 Å². The molecule has 1 aromatic heterocycles. The van der Waals surface area contributed by atoms with E-state index in [0.29, 0.717) is 5.02 Å². The van der Waals surface area contributed by atoms with Gasteiger partial charge >= 0.3 is 0 Å². The summed E-state index contributed by atoms with van der Waals surface area (Å²) in [5.74, 6) is 1.72. The number of benzene rings is 1. The molecule has 104 valence electrons. The van der Waals surface area contributed by atoms with Crippen LogP contribution in [0.3, 0.4) is 0 Å². The van der Waals surface area contributed by atoms with Gasteiger partial charge in [-0.25, -0.2) is 9.97 Å². The molecule has 0 saturated heterocycles. The van der Waals surface area contributed by atoms with E-state index >= 15 is 0 Å². The van der Waals surface area contributed by atoms with E-state index in [0.717, 1.165) is 47.5 Å². The van der Waals surface area contributed by atoms with Gasteiger partial charge in [0.1, 0.15) is 5.82 Å². The SMILES string of the molecule is CCNc1nc(-c2ccc(Br)c(Cl)c2)nc2c1CCC2. The number of anilines is 1. The number of hydrogen-bond acceptors (Lipinski definition) is 3. The van der Waals surface area contributed by atoms with Crippen LogP contribution in [0.25, 0.3) is 11.4 Å². The number of hydrogen-bond donors (Lipinski definition) is 1. The molecular weight excluding hydrogens is 338 g/mol. The van der Waals surface area contributed by atoms with Crippen LogP contribution in [0.4, 0.5) is 5.82 Å². The van der Waals surface area contributed by atoms with Gasteiger partial charge in [-0.2, -0.15) is 0 Å². The van der Waals surface area contributed by atoms with E-state index in [9.17, 15) is 0 Å². The normalized spacial score (nSPS) is 13.3. The number of fused-ring (bicyclic) bond motifs is 1. The van der Waals surface area contributed by atoms with Gasteiger partial charge in [0.15, 0.2) is 5.82 Å². The molecule has 1 aromatic carbocycles. The van der Waals surface area contributed by atoms with Crippen molar-refractivity contribution in [2.24, 2.45) is 0 Å². The second-order valence-corrected chi connectivity index (χ2v) is 6.10. The molecule has 5 heteroatoms. The predicted molar refractivity (Wildman–Crippen MR) is 86.4 cm³/mol. The van der Waals surface area contributed by atoms with E-state index in [-0.39, 0.29) is 0 Å². The molecule has 0 aliphatic heterocycles. The number of halogens is 2. The fraction of sp³-hybridized carbons (Fsp3) is 0.333. The third-order valence-corrected chi connectivity index (χ3v) is 4.69. The largest absolute Gasteiger partial charge is 0.370 e. The van der Waals surface area contributed by atoms with E-state index in [2.05, 4.69) is 33.2 Å². The van der Waals surface area contributed by atoms with Crippen molar-refractivity contribution in [3.05, 3.63) is 39.0 Å². The van der Waals surface area contributed by atoms with Crippen molar-refractivity contribution in [3.8, 4) is 11.4 Å². The Kier molecular flexibility index (Phi) is 3.94. The predicted octanol–water partition coefficient (Wildman–Crippen LogP) is 4.48. The van der Waals surface area contributed by atoms with Gasteiger partial charge in [-0.05, 0) is 60.3 Å². The zero-order valence-corrected chi connectivity index (χ0v) is 13.6. The Bertz CT molecular complexity index is 658. The van der Waals surface area contributed by atoms with Gasteiger partial charge < -0.3 is 5.32 Å². The molecule has 2 aromatic rings. The summed E-state index contributed by atoms with van der Waals surface area (Å²) < 4.78 is 0.885. The Hall–Kier alpha value is -1.13. The smallest absolute Gasteiger partial charge is 0.161 e. The van der Waals surface area contributed by atoms with Gasteiger partial charge in [0.2, 0.25) is 0 Å².